The monoisotopic (exact) mass is 477 g/mol. The van der Waals surface area contributed by atoms with Crippen LogP contribution in [0.5, 0.6) is 23.0 Å². The highest BCUT2D eigenvalue weighted by atomic mass is 32.2. The minimum absolute atomic E-state index is 0.0670. The zero-order chi connectivity index (χ0) is 24.1. The molecule has 4 aromatic rings. The first kappa shape index (κ1) is 23.2. The largest absolute Gasteiger partial charge is 0.504 e. The normalized spacial score (nSPS) is 10.8. The molecule has 2 N–H and O–H groups in total. The lowest BCUT2D eigenvalue weighted by atomic mass is 10.1. The van der Waals surface area contributed by atoms with Gasteiger partial charge in [0.15, 0.2) is 28.3 Å². The third kappa shape index (κ3) is 4.99. The molecule has 3 aromatic carbocycles. The predicted octanol–water partition coefficient (Wildman–Crippen LogP) is 4.73. The van der Waals surface area contributed by atoms with Gasteiger partial charge in [0, 0.05) is 16.8 Å². The summed E-state index contributed by atoms with van der Waals surface area (Å²) >= 11 is 1.23. The molecular formula is C25H23N3O5S. The first-order valence-corrected chi connectivity index (χ1v) is 11.5. The fraction of sp³-hybridized carbons (Fsp3) is 0.160. The summed E-state index contributed by atoms with van der Waals surface area (Å²) < 4.78 is 12.8. The first-order valence-electron chi connectivity index (χ1n) is 10.5. The maximum atomic E-state index is 12.7. The second kappa shape index (κ2) is 10.3. The molecule has 0 radical (unpaired) electrons. The van der Waals surface area contributed by atoms with Crippen LogP contribution in [0.2, 0.25) is 0 Å². The van der Waals surface area contributed by atoms with Gasteiger partial charge in [-0.1, -0.05) is 23.9 Å². The van der Waals surface area contributed by atoms with Crippen LogP contribution in [0.4, 0.5) is 0 Å². The fourth-order valence-corrected chi connectivity index (χ4v) is 4.16. The Balaban J connectivity index is 1.68. The topological polar surface area (TPSA) is 107 Å². The van der Waals surface area contributed by atoms with Crippen molar-refractivity contribution in [3.05, 3.63) is 72.3 Å². The van der Waals surface area contributed by atoms with E-state index in [9.17, 15) is 15.0 Å². The summed E-state index contributed by atoms with van der Waals surface area (Å²) in [4.78, 5) is 12.7. The lowest BCUT2D eigenvalue weighted by Gasteiger charge is -2.12. The number of carbonyl (C=O) groups is 1. The Hall–Kier alpha value is -3.98. The number of Topliss-reactive ketones (excluding diaryl/α,β-unsaturated/α-hetero) is 1. The Morgan fingerprint density at radius 1 is 0.971 bits per heavy atom. The number of methoxy groups -OCH3 is 1. The Morgan fingerprint density at radius 2 is 1.76 bits per heavy atom. The standard InChI is InChI=1S/C25H23N3O5S/c1-3-33-19-10-8-18(9-11-19)28-24(17-5-4-6-20(13-17)32-2)26-27-25(28)34-15-23(31)16-7-12-21(29)22(30)14-16/h4-14,29-30H,3,15H2,1-2H3. The van der Waals surface area contributed by atoms with Crippen molar-refractivity contribution in [2.75, 3.05) is 19.5 Å². The summed E-state index contributed by atoms with van der Waals surface area (Å²) in [5.74, 6) is 1.27. The highest BCUT2D eigenvalue weighted by molar-refractivity contribution is 7.99. The van der Waals surface area contributed by atoms with E-state index in [4.69, 9.17) is 9.47 Å². The number of hydrogen-bond acceptors (Lipinski definition) is 8. The Morgan fingerprint density at radius 3 is 2.47 bits per heavy atom. The van der Waals surface area contributed by atoms with Gasteiger partial charge >= 0.3 is 0 Å². The van der Waals surface area contributed by atoms with Gasteiger partial charge in [0.05, 0.1) is 19.5 Å². The van der Waals surface area contributed by atoms with E-state index in [1.807, 2.05) is 60.0 Å². The van der Waals surface area contributed by atoms with Crippen molar-refractivity contribution >= 4 is 17.5 Å². The number of benzene rings is 3. The summed E-state index contributed by atoms with van der Waals surface area (Å²) in [5.41, 5.74) is 1.91. The maximum absolute atomic E-state index is 12.7. The van der Waals surface area contributed by atoms with Gasteiger partial charge in [-0.3, -0.25) is 9.36 Å². The van der Waals surface area contributed by atoms with Gasteiger partial charge in [0.1, 0.15) is 11.5 Å². The van der Waals surface area contributed by atoms with Gasteiger partial charge in [0.2, 0.25) is 0 Å². The SMILES string of the molecule is CCOc1ccc(-n2c(SCC(=O)c3ccc(O)c(O)c3)nnc2-c2cccc(OC)c2)cc1. The number of ether oxygens (including phenoxy) is 2. The van der Waals surface area contributed by atoms with E-state index in [0.717, 1.165) is 17.0 Å². The van der Waals surface area contributed by atoms with Crippen LogP contribution in [0.25, 0.3) is 17.1 Å². The molecule has 174 valence electrons. The number of thioether (sulfide) groups is 1. The second-order valence-electron chi connectivity index (χ2n) is 7.22. The van der Waals surface area contributed by atoms with Gasteiger partial charge in [-0.05, 0) is 61.5 Å². The Labute approximate surface area is 200 Å². The number of aromatic hydroxyl groups is 2. The van der Waals surface area contributed by atoms with Crippen molar-refractivity contribution in [1.82, 2.24) is 14.8 Å². The summed E-state index contributed by atoms with van der Waals surface area (Å²) in [7, 11) is 1.60. The second-order valence-corrected chi connectivity index (χ2v) is 8.16. The third-order valence-electron chi connectivity index (χ3n) is 5.00. The van der Waals surface area contributed by atoms with Crippen LogP contribution in [0.3, 0.4) is 0 Å². The van der Waals surface area contributed by atoms with Crippen molar-refractivity contribution < 1.29 is 24.5 Å². The van der Waals surface area contributed by atoms with Crippen LogP contribution >= 0.6 is 11.8 Å². The van der Waals surface area contributed by atoms with Crippen LogP contribution in [-0.2, 0) is 0 Å². The molecule has 0 aliphatic rings. The van der Waals surface area contributed by atoms with E-state index < -0.39 is 0 Å². The molecule has 0 aliphatic carbocycles. The molecule has 4 rings (SSSR count). The number of nitrogens with zero attached hydrogens (tertiary/aromatic N) is 3. The fourth-order valence-electron chi connectivity index (χ4n) is 3.31. The summed E-state index contributed by atoms with van der Waals surface area (Å²) in [6, 6.07) is 19.1. The summed E-state index contributed by atoms with van der Waals surface area (Å²) in [6.07, 6.45) is 0. The van der Waals surface area contributed by atoms with Crippen LogP contribution in [0, 0.1) is 0 Å². The van der Waals surface area contributed by atoms with Gasteiger partial charge in [0.25, 0.3) is 0 Å². The van der Waals surface area contributed by atoms with E-state index in [1.54, 1.807) is 7.11 Å². The minimum atomic E-state index is -0.339. The van der Waals surface area contributed by atoms with Crippen molar-refractivity contribution in [2.24, 2.45) is 0 Å². The summed E-state index contributed by atoms with van der Waals surface area (Å²) in [6.45, 7) is 2.49. The van der Waals surface area contributed by atoms with Crippen molar-refractivity contribution in [3.8, 4) is 40.1 Å². The molecule has 0 aliphatic heterocycles. The highest BCUT2D eigenvalue weighted by Gasteiger charge is 2.19. The average Bonchev–Trinajstić information content (AvgIpc) is 3.29. The average molecular weight is 478 g/mol. The number of phenols is 2. The van der Waals surface area contributed by atoms with E-state index in [0.29, 0.717) is 28.9 Å². The lowest BCUT2D eigenvalue weighted by molar-refractivity contribution is 0.102. The summed E-state index contributed by atoms with van der Waals surface area (Å²) in [5, 5.41) is 28.5. The quantitative estimate of drug-likeness (QED) is 0.202. The molecule has 0 spiro atoms. The minimum Gasteiger partial charge on any atom is -0.504 e. The van der Waals surface area contributed by atoms with E-state index >= 15 is 0 Å². The van der Waals surface area contributed by atoms with Crippen molar-refractivity contribution in [1.29, 1.82) is 0 Å². The highest BCUT2D eigenvalue weighted by Crippen LogP contribution is 2.31. The molecule has 0 atom stereocenters. The Bertz CT molecular complexity index is 1300. The number of phenolic OH excluding ortho intramolecular Hbond substituents is 2. The molecule has 0 saturated carbocycles. The molecule has 0 bridgehead atoms. The molecule has 1 heterocycles. The first-order chi connectivity index (χ1) is 16.5. The predicted molar refractivity (Wildman–Crippen MR) is 129 cm³/mol. The number of carbonyl (C=O) groups excluding carboxylic acids is 1. The van der Waals surface area contributed by atoms with Crippen LogP contribution in [0.15, 0.2) is 71.9 Å². The third-order valence-corrected chi connectivity index (χ3v) is 5.93. The van der Waals surface area contributed by atoms with Crippen LogP contribution in [0.1, 0.15) is 17.3 Å². The number of aromatic nitrogens is 3. The molecule has 0 saturated heterocycles. The van der Waals surface area contributed by atoms with E-state index in [2.05, 4.69) is 10.2 Å². The van der Waals surface area contributed by atoms with Gasteiger partial charge in [-0.15, -0.1) is 10.2 Å². The molecule has 9 heteroatoms. The zero-order valence-corrected chi connectivity index (χ0v) is 19.5. The molecule has 0 unspecified atom stereocenters. The molecule has 1 aromatic heterocycles. The van der Waals surface area contributed by atoms with Crippen molar-refractivity contribution in [3.63, 3.8) is 0 Å². The van der Waals surface area contributed by atoms with E-state index in [1.165, 1.54) is 30.0 Å². The maximum Gasteiger partial charge on any atom is 0.196 e. The molecule has 0 fully saturated rings. The van der Waals surface area contributed by atoms with Gasteiger partial charge < -0.3 is 19.7 Å². The van der Waals surface area contributed by atoms with Crippen molar-refractivity contribution in [2.45, 2.75) is 12.1 Å². The molecule has 8 nitrogen and oxygen atoms in total. The molecular weight excluding hydrogens is 454 g/mol. The van der Waals surface area contributed by atoms with Gasteiger partial charge in [-0.25, -0.2) is 0 Å². The van der Waals surface area contributed by atoms with Crippen LogP contribution < -0.4 is 9.47 Å². The van der Waals surface area contributed by atoms with E-state index in [-0.39, 0.29) is 23.0 Å². The number of ketones is 1. The zero-order valence-electron chi connectivity index (χ0n) is 18.6. The number of rotatable bonds is 9. The lowest BCUT2D eigenvalue weighted by Crippen LogP contribution is -2.05. The molecule has 34 heavy (non-hydrogen) atoms. The van der Waals surface area contributed by atoms with Crippen LogP contribution in [-0.4, -0.2) is 50.2 Å². The van der Waals surface area contributed by atoms with Gasteiger partial charge in [-0.2, -0.15) is 0 Å². The number of hydrogen-bond donors (Lipinski definition) is 2. The smallest absolute Gasteiger partial charge is 0.196 e. The Kier molecular flexibility index (Phi) is 7.03. The molecule has 0 amide bonds.